The van der Waals surface area contributed by atoms with Gasteiger partial charge in [-0.15, -0.1) is 23.1 Å². The first-order chi connectivity index (χ1) is 18.4. The number of nitrogens with one attached hydrogen (secondary N) is 1. The van der Waals surface area contributed by atoms with Crippen molar-refractivity contribution in [3.63, 3.8) is 0 Å². The van der Waals surface area contributed by atoms with Crippen LogP contribution in [0, 0.1) is 0 Å². The molecule has 0 aromatic carbocycles. The van der Waals surface area contributed by atoms with Crippen molar-refractivity contribution in [3.05, 3.63) is 22.3 Å². The number of hydrogen-bond donors (Lipinski definition) is 2. The molecule has 15 nitrogen and oxygen atoms in total. The second-order valence-corrected chi connectivity index (χ2v) is 10.3. The molecule has 1 aromatic rings. The van der Waals surface area contributed by atoms with Crippen molar-refractivity contribution in [2.45, 2.75) is 51.5 Å². The predicted molar refractivity (Wildman–Crippen MR) is 137 cm³/mol. The largest absolute Gasteiger partial charge is 0.511 e. The number of carbonyl (C=O) groups excluding carboxylic acids is 5. The number of thiazole rings is 1. The molecule has 2 aliphatic heterocycles. The number of nitrogens with zero attached hydrogens (tertiary/aromatic N) is 3. The van der Waals surface area contributed by atoms with Crippen molar-refractivity contribution < 1.29 is 47.8 Å². The van der Waals surface area contributed by atoms with Gasteiger partial charge in [0, 0.05) is 30.6 Å². The van der Waals surface area contributed by atoms with E-state index in [1.165, 1.54) is 38.1 Å². The second-order valence-electron chi connectivity index (χ2n) is 8.29. The quantitative estimate of drug-likeness (QED) is 0.0974. The molecule has 1 saturated heterocycles. The highest BCUT2D eigenvalue weighted by molar-refractivity contribution is 8.00. The molecule has 3 atom stereocenters. The van der Waals surface area contributed by atoms with E-state index in [4.69, 9.17) is 29.5 Å². The van der Waals surface area contributed by atoms with Crippen molar-refractivity contribution in [2.24, 2.45) is 5.16 Å². The van der Waals surface area contributed by atoms with Crippen LogP contribution >= 0.6 is 23.1 Å². The second kappa shape index (κ2) is 12.8. The lowest BCUT2D eigenvalue weighted by atomic mass is 10.0. The molecule has 0 aliphatic carbocycles. The van der Waals surface area contributed by atoms with Crippen molar-refractivity contribution in [3.8, 4) is 0 Å². The monoisotopic (exact) mass is 585 g/mol. The van der Waals surface area contributed by atoms with Gasteiger partial charge in [-0.3, -0.25) is 19.3 Å². The summed E-state index contributed by atoms with van der Waals surface area (Å²) in [4.78, 5) is 72.3. The Morgan fingerprint density at radius 1 is 1.23 bits per heavy atom. The Balaban J connectivity index is 1.78. The molecule has 17 heteroatoms. The van der Waals surface area contributed by atoms with Crippen molar-refractivity contribution >= 4 is 63.9 Å². The summed E-state index contributed by atoms with van der Waals surface area (Å²) in [6.07, 6.45) is -2.86. The number of β-lactam (4-membered cyclic amide) rings is 1. The van der Waals surface area contributed by atoms with Crippen LogP contribution in [0.3, 0.4) is 0 Å². The first-order valence-electron chi connectivity index (χ1n) is 11.4. The Labute approximate surface area is 231 Å². The Bertz CT molecular complexity index is 1210. The zero-order valence-electron chi connectivity index (χ0n) is 21.6. The zero-order chi connectivity index (χ0) is 28.9. The van der Waals surface area contributed by atoms with Crippen molar-refractivity contribution in [2.75, 3.05) is 25.2 Å². The molecular formula is C22H27N5O10S2. The smallest absolute Gasteiger partial charge is 0.461 e. The van der Waals surface area contributed by atoms with Crippen LogP contribution in [-0.4, -0.2) is 88.8 Å². The van der Waals surface area contributed by atoms with E-state index < -0.39 is 53.7 Å². The molecule has 1 fully saturated rings. The van der Waals surface area contributed by atoms with E-state index in [1.54, 1.807) is 13.8 Å². The van der Waals surface area contributed by atoms with Crippen LogP contribution in [-0.2, 0) is 43.0 Å². The first kappa shape index (κ1) is 29.7. The summed E-state index contributed by atoms with van der Waals surface area (Å²) in [5.41, 5.74) is 5.73. The molecule has 2 aliphatic rings. The van der Waals surface area contributed by atoms with Crippen molar-refractivity contribution in [1.29, 1.82) is 0 Å². The minimum absolute atomic E-state index is 0.162. The molecule has 0 saturated carbocycles. The zero-order valence-corrected chi connectivity index (χ0v) is 23.3. The fraction of sp³-hybridized carbons (Fsp3) is 0.500. The molecule has 0 radical (unpaired) electrons. The number of rotatable bonds is 10. The van der Waals surface area contributed by atoms with Gasteiger partial charge in [0.15, 0.2) is 10.8 Å². The SMILES string of the molecule is CON=C(C(=O)N[C@@H]1C(=O)N2C(C(=O)OC(C)OC(=O)OC(C)C)=C(COC(C)=O)CS[C@H]12)c1csc(N)n1. The molecule has 0 bridgehead atoms. The lowest BCUT2D eigenvalue weighted by molar-refractivity contribution is -0.169. The number of esters is 2. The van der Waals surface area contributed by atoms with Gasteiger partial charge in [0.05, 0.1) is 6.10 Å². The predicted octanol–water partition coefficient (Wildman–Crippen LogP) is 0.744. The first-order valence-corrected chi connectivity index (χ1v) is 13.4. The minimum atomic E-state index is -1.36. The van der Waals surface area contributed by atoms with Gasteiger partial charge >= 0.3 is 18.1 Å². The van der Waals surface area contributed by atoms with E-state index in [0.717, 1.165) is 16.2 Å². The van der Waals surface area contributed by atoms with Crippen LogP contribution < -0.4 is 11.1 Å². The van der Waals surface area contributed by atoms with Gasteiger partial charge in [-0.05, 0) is 13.8 Å². The van der Waals surface area contributed by atoms with Crippen LogP contribution in [0.4, 0.5) is 9.93 Å². The standard InChI is InChI=1S/C22H27N5O10S2/c1-9(2)35-22(32)37-11(4)36-20(31)16-12(6-34-10(3)28)7-38-19-15(18(30)27(16)19)25-17(29)14(26-33-5)13-8-39-21(23)24-13/h8-9,11,15,19H,6-7H2,1-5H3,(H2,23,24)(H,25,29)/t11?,15-,19-/m1/s1. The normalized spacial score (nSPS) is 19.5. The number of fused-ring (bicyclic) bond motifs is 1. The molecule has 212 valence electrons. The summed E-state index contributed by atoms with van der Waals surface area (Å²) in [6, 6.07) is -1.03. The topological polar surface area (TPSA) is 198 Å². The highest BCUT2D eigenvalue weighted by Gasteiger charge is 2.55. The van der Waals surface area contributed by atoms with E-state index in [1.807, 2.05) is 0 Å². The lowest BCUT2D eigenvalue weighted by Crippen LogP contribution is -2.71. The molecule has 3 rings (SSSR count). The molecular weight excluding hydrogens is 558 g/mol. The van der Waals surface area contributed by atoms with Crippen LogP contribution in [0.25, 0.3) is 0 Å². The molecule has 39 heavy (non-hydrogen) atoms. The average molecular weight is 586 g/mol. The Kier molecular flexibility index (Phi) is 9.74. The summed E-state index contributed by atoms with van der Waals surface area (Å²) in [6.45, 7) is 5.45. The molecule has 2 amide bonds. The summed E-state index contributed by atoms with van der Waals surface area (Å²) in [5.74, 6) is -2.79. The van der Waals surface area contributed by atoms with Gasteiger partial charge in [0.2, 0.25) is 6.29 Å². The van der Waals surface area contributed by atoms with E-state index in [9.17, 15) is 24.0 Å². The van der Waals surface area contributed by atoms with E-state index in [0.29, 0.717) is 5.57 Å². The number of ether oxygens (including phenoxy) is 4. The number of aromatic nitrogens is 1. The maximum Gasteiger partial charge on any atom is 0.511 e. The highest BCUT2D eigenvalue weighted by Crippen LogP contribution is 2.41. The maximum atomic E-state index is 13.2. The lowest BCUT2D eigenvalue weighted by Gasteiger charge is -2.49. The number of oxime groups is 1. The summed E-state index contributed by atoms with van der Waals surface area (Å²) in [7, 11) is 1.25. The number of nitrogens with two attached hydrogens (primary N) is 1. The van der Waals surface area contributed by atoms with E-state index >= 15 is 0 Å². The molecule has 1 unspecified atom stereocenters. The van der Waals surface area contributed by atoms with E-state index in [-0.39, 0.29) is 34.6 Å². The molecule has 0 spiro atoms. The third kappa shape index (κ3) is 7.17. The fourth-order valence-corrected chi connectivity index (χ4v) is 5.33. The number of hydrogen-bond acceptors (Lipinski definition) is 15. The number of nitrogen functional groups attached to an aromatic ring is 1. The van der Waals surface area contributed by atoms with Gasteiger partial charge in [0.1, 0.15) is 36.5 Å². The van der Waals surface area contributed by atoms with Crippen LogP contribution in [0.1, 0.15) is 33.4 Å². The third-order valence-electron chi connectivity index (χ3n) is 5.01. The van der Waals surface area contributed by atoms with Gasteiger partial charge < -0.3 is 34.8 Å². The minimum Gasteiger partial charge on any atom is -0.461 e. The number of amides is 2. The molecule has 3 heterocycles. The van der Waals surface area contributed by atoms with Crippen LogP contribution in [0.2, 0.25) is 0 Å². The Hall–Kier alpha value is -3.86. The Morgan fingerprint density at radius 2 is 1.95 bits per heavy atom. The third-order valence-corrected chi connectivity index (χ3v) is 7.02. The molecule has 1 aromatic heterocycles. The average Bonchev–Trinajstić information content (AvgIpc) is 3.28. The maximum absolute atomic E-state index is 13.2. The van der Waals surface area contributed by atoms with Gasteiger partial charge in [0.25, 0.3) is 11.8 Å². The summed E-state index contributed by atoms with van der Waals surface area (Å²) < 4.78 is 20.0. The van der Waals surface area contributed by atoms with Gasteiger partial charge in [-0.1, -0.05) is 5.16 Å². The van der Waals surface area contributed by atoms with Gasteiger partial charge in [-0.25, -0.2) is 14.6 Å². The van der Waals surface area contributed by atoms with Gasteiger partial charge in [-0.2, -0.15) is 0 Å². The highest BCUT2D eigenvalue weighted by atomic mass is 32.2. The summed E-state index contributed by atoms with van der Waals surface area (Å²) in [5, 5.41) is 7.30. The number of carbonyl (C=O) groups is 5. The van der Waals surface area contributed by atoms with Crippen molar-refractivity contribution in [1.82, 2.24) is 15.2 Å². The fourth-order valence-electron chi connectivity index (χ4n) is 3.46. The number of thioether (sulfide) groups is 1. The summed E-state index contributed by atoms with van der Waals surface area (Å²) >= 11 is 2.33. The molecule has 3 N–H and O–H groups in total. The van der Waals surface area contributed by atoms with Crippen LogP contribution in [0.15, 0.2) is 21.8 Å². The van der Waals surface area contributed by atoms with E-state index in [2.05, 4.69) is 15.5 Å². The number of anilines is 1. The Morgan fingerprint density at radius 3 is 2.54 bits per heavy atom. The van der Waals surface area contributed by atoms with Crippen LogP contribution in [0.5, 0.6) is 0 Å².